The summed E-state index contributed by atoms with van der Waals surface area (Å²) in [7, 11) is -4.20. The zero-order valence-electron chi connectivity index (χ0n) is 15.0. The SMILES string of the molecule is Nc1cccc(S(=O)(=O)NC(=O)CN2C(=O)c3cccc4cccc(c34)C2=O)c1. The maximum Gasteiger partial charge on any atom is 0.264 e. The number of anilines is 1. The van der Waals surface area contributed by atoms with E-state index >= 15 is 0 Å². The third-order valence-corrected chi connectivity index (χ3v) is 5.95. The molecule has 3 amide bonds. The van der Waals surface area contributed by atoms with E-state index in [1.54, 1.807) is 36.4 Å². The van der Waals surface area contributed by atoms with E-state index in [1.807, 2.05) is 4.72 Å². The Bertz CT molecular complexity index is 1250. The Morgan fingerprint density at radius 2 is 1.52 bits per heavy atom. The predicted octanol–water partition coefficient (Wildman–Crippen LogP) is 1.52. The van der Waals surface area contributed by atoms with Gasteiger partial charge in [0.15, 0.2) is 0 Å². The lowest BCUT2D eigenvalue weighted by Gasteiger charge is -2.26. The second kappa shape index (κ2) is 6.71. The zero-order valence-corrected chi connectivity index (χ0v) is 15.8. The molecular formula is C20H15N3O5S. The van der Waals surface area contributed by atoms with Crippen LogP contribution in [0.5, 0.6) is 0 Å². The second-order valence-electron chi connectivity index (χ2n) is 6.51. The summed E-state index contributed by atoms with van der Waals surface area (Å²) in [5.74, 6) is -2.33. The van der Waals surface area contributed by atoms with Crippen LogP contribution in [0.25, 0.3) is 10.8 Å². The van der Waals surface area contributed by atoms with Gasteiger partial charge in [0, 0.05) is 22.2 Å². The highest BCUT2D eigenvalue weighted by atomic mass is 32.2. The van der Waals surface area contributed by atoms with Gasteiger partial charge in [-0.25, -0.2) is 13.1 Å². The molecule has 1 aliphatic rings. The van der Waals surface area contributed by atoms with Gasteiger partial charge < -0.3 is 5.73 Å². The summed E-state index contributed by atoms with van der Waals surface area (Å²) in [5, 5.41) is 1.25. The lowest BCUT2D eigenvalue weighted by Crippen LogP contribution is -2.47. The van der Waals surface area contributed by atoms with E-state index in [0.717, 1.165) is 10.3 Å². The quantitative estimate of drug-likeness (QED) is 0.497. The van der Waals surface area contributed by atoms with Crippen molar-refractivity contribution in [1.82, 2.24) is 9.62 Å². The number of imide groups is 1. The third kappa shape index (κ3) is 3.21. The van der Waals surface area contributed by atoms with Gasteiger partial charge in [0.25, 0.3) is 27.7 Å². The number of benzene rings is 3. The lowest BCUT2D eigenvalue weighted by atomic mass is 9.94. The minimum atomic E-state index is -4.20. The van der Waals surface area contributed by atoms with Gasteiger partial charge in [-0.05, 0) is 35.7 Å². The summed E-state index contributed by atoms with van der Waals surface area (Å²) in [6.07, 6.45) is 0. The molecule has 9 heteroatoms. The number of carbonyl (C=O) groups excluding carboxylic acids is 3. The Morgan fingerprint density at radius 3 is 2.10 bits per heavy atom. The number of hydrogen-bond acceptors (Lipinski definition) is 6. The maximum absolute atomic E-state index is 12.8. The van der Waals surface area contributed by atoms with Gasteiger partial charge in [-0.3, -0.25) is 19.3 Å². The van der Waals surface area contributed by atoms with Crippen LogP contribution in [0.1, 0.15) is 20.7 Å². The summed E-state index contributed by atoms with van der Waals surface area (Å²) < 4.78 is 26.6. The molecule has 0 saturated carbocycles. The largest absolute Gasteiger partial charge is 0.399 e. The highest BCUT2D eigenvalue weighted by Gasteiger charge is 2.34. The first-order valence-corrected chi connectivity index (χ1v) is 10.1. The van der Waals surface area contributed by atoms with Crippen LogP contribution < -0.4 is 10.5 Å². The van der Waals surface area contributed by atoms with E-state index in [0.29, 0.717) is 5.39 Å². The topological polar surface area (TPSA) is 127 Å². The lowest BCUT2D eigenvalue weighted by molar-refractivity contribution is -0.119. The molecule has 0 unspecified atom stereocenters. The van der Waals surface area contributed by atoms with E-state index in [2.05, 4.69) is 0 Å². The van der Waals surface area contributed by atoms with Crippen LogP contribution in [-0.2, 0) is 14.8 Å². The van der Waals surface area contributed by atoms with E-state index in [1.165, 1.54) is 24.3 Å². The minimum absolute atomic E-state index is 0.197. The van der Waals surface area contributed by atoms with Crippen molar-refractivity contribution in [3.8, 4) is 0 Å². The van der Waals surface area contributed by atoms with Crippen LogP contribution in [0.2, 0.25) is 0 Å². The summed E-state index contributed by atoms with van der Waals surface area (Å²) in [6.45, 7) is -0.732. The molecular weight excluding hydrogens is 394 g/mol. The number of nitrogens with zero attached hydrogens (tertiary/aromatic N) is 1. The molecule has 0 atom stereocenters. The summed E-state index contributed by atoms with van der Waals surface area (Å²) >= 11 is 0. The van der Waals surface area contributed by atoms with Crippen LogP contribution >= 0.6 is 0 Å². The Labute approximate surface area is 166 Å². The average Bonchev–Trinajstić information content (AvgIpc) is 2.69. The van der Waals surface area contributed by atoms with Crippen LogP contribution in [0, 0.1) is 0 Å². The molecule has 3 aromatic rings. The smallest absolute Gasteiger partial charge is 0.264 e. The van der Waals surface area contributed by atoms with Gasteiger partial charge in [0.2, 0.25) is 0 Å². The van der Waals surface area contributed by atoms with Crippen LogP contribution in [0.15, 0.2) is 65.6 Å². The van der Waals surface area contributed by atoms with E-state index in [-0.39, 0.29) is 21.7 Å². The van der Waals surface area contributed by atoms with Crippen molar-refractivity contribution < 1.29 is 22.8 Å². The fraction of sp³-hybridized carbons (Fsp3) is 0.0500. The molecule has 3 aromatic carbocycles. The first-order valence-electron chi connectivity index (χ1n) is 8.57. The molecule has 8 nitrogen and oxygen atoms in total. The molecule has 0 spiro atoms. The molecule has 0 radical (unpaired) electrons. The Kier molecular flexibility index (Phi) is 4.31. The fourth-order valence-corrected chi connectivity index (χ4v) is 4.32. The molecule has 0 saturated heterocycles. The van der Waals surface area contributed by atoms with E-state index < -0.39 is 34.3 Å². The molecule has 1 heterocycles. The molecule has 0 aromatic heterocycles. The van der Waals surface area contributed by atoms with E-state index in [9.17, 15) is 22.8 Å². The van der Waals surface area contributed by atoms with Crippen molar-refractivity contribution in [3.63, 3.8) is 0 Å². The normalized spacial score (nSPS) is 13.6. The van der Waals surface area contributed by atoms with Gasteiger partial charge in [-0.1, -0.05) is 30.3 Å². The molecule has 0 bridgehead atoms. The Balaban J connectivity index is 1.61. The summed E-state index contributed by atoms with van der Waals surface area (Å²) in [6, 6.07) is 15.5. The van der Waals surface area contributed by atoms with Crippen molar-refractivity contribution in [2.45, 2.75) is 4.90 Å². The molecule has 4 rings (SSSR count). The van der Waals surface area contributed by atoms with Crippen molar-refractivity contribution in [2.75, 3.05) is 12.3 Å². The van der Waals surface area contributed by atoms with Gasteiger partial charge in [0.1, 0.15) is 6.54 Å². The highest BCUT2D eigenvalue weighted by molar-refractivity contribution is 7.90. The molecule has 0 fully saturated rings. The number of nitrogens with two attached hydrogens (primary N) is 1. The van der Waals surface area contributed by atoms with Crippen molar-refractivity contribution in [2.24, 2.45) is 0 Å². The number of rotatable bonds is 4. The zero-order chi connectivity index (χ0) is 20.8. The number of sulfonamides is 1. The number of hydrogen-bond donors (Lipinski definition) is 2. The number of nitrogens with one attached hydrogen (secondary N) is 1. The molecule has 3 N–H and O–H groups in total. The fourth-order valence-electron chi connectivity index (χ4n) is 3.29. The number of nitrogen functional groups attached to an aromatic ring is 1. The highest BCUT2D eigenvalue weighted by Crippen LogP contribution is 2.29. The van der Waals surface area contributed by atoms with Crippen LogP contribution in [-0.4, -0.2) is 37.6 Å². The van der Waals surface area contributed by atoms with Crippen LogP contribution in [0.4, 0.5) is 5.69 Å². The summed E-state index contributed by atoms with van der Waals surface area (Å²) in [4.78, 5) is 38.5. The Hall–Kier alpha value is -3.72. The second-order valence-corrected chi connectivity index (χ2v) is 8.19. The van der Waals surface area contributed by atoms with E-state index in [4.69, 9.17) is 5.73 Å². The number of amides is 3. The minimum Gasteiger partial charge on any atom is -0.399 e. The van der Waals surface area contributed by atoms with Crippen LogP contribution in [0.3, 0.4) is 0 Å². The molecule has 1 aliphatic heterocycles. The summed E-state index contributed by atoms with van der Waals surface area (Å²) in [5.41, 5.74) is 6.36. The molecule has 146 valence electrons. The maximum atomic E-state index is 12.8. The number of carbonyl (C=O) groups is 3. The van der Waals surface area contributed by atoms with Crippen molar-refractivity contribution >= 4 is 44.2 Å². The first-order chi connectivity index (χ1) is 13.8. The van der Waals surface area contributed by atoms with Crippen molar-refractivity contribution in [3.05, 3.63) is 71.8 Å². The predicted molar refractivity (Wildman–Crippen MR) is 105 cm³/mol. The average molecular weight is 409 g/mol. The monoisotopic (exact) mass is 409 g/mol. The van der Waals surface area contributed by atoms with Gasteiger partial charge in [-0.2, -0.15) is 0 Å². The van der Waals surface area contributed by atoms with Gasteiger partial charge in [0.05, 0.1) is 4.90 Å². The first kappa shape index (κ1) is 18.6. The standard InChI is InChI=1S/C20H15N3O5S/c21-13-6-3-7-14(10-13)29(27,28)22-17(24)11-23-19(25)15-8-1-4-12-5-2-9-16(18(12)15)20(23)26/h1-10H,11,21H2,(H,22,24). The van der Waals surface area contributed by atoms with Crippen molar-refractivity contribution in [1.29, 1.82) is 0 Å². The third-order valence-electron chi connectivity index (χ3n) is 4.57. The van der Waals surface area contributed by atoms with Gasteiger partial charge in [-0.15, -0.1) is 0 Å². The molecule has 29 heavy (non-hydrogen) atoms. The Morgan fingerprint density at radius 1 is 0.931 bits per heavy atom. The molecule has 0 aliphatic carbocycles. The van der Waals surface area contributed by atoms with Gasteiger partial charge >= 0.3 is 0 Å².